The average molecular weight is 226 g/mol. The van der Waals surface area contributed by atoms with E-state index in [9.17, 15) is 5.11 Å². The largest absolute Gasteiger partial charge is 0.392 e. The van der Waals surface area contributed by atoms with E-state index in [4.69, 9.17) is 0 Å². The summed E-state index contributed by atoms with van der Waals surface area (Å²) in [7, 11) is 0. The predicted octanol–water partition coefficient (Wildman–Crippen LogP) is 3.77. The van der Waals surface area contributed by atoms with E-state index in [1.807, 2.05) is 12.1 Å². The molecule has 0 fully saturated rings. The molecule has 17 heavy (non-hydrogen) atoms. The molecule has 0 spiro atoms. The van der Waals surface area contributed by atoms with Gasteiger partial charge in [-0.25, -0.2) is 0 Å². The first-order chi connectivity index (χ1) is 8.15. The summed E-state index contributed by atoms with van der Waals surface area (Å²) >= 11 is 0. The SMILES string of the molecule is Cc1cccc(C)c1-c1c(C)cccc1CO. The van der Waals surface area contributed by atoms with Crippen LogP contribution in [0.15, 0.2) is 36.4 Å². The normalized spacial score (nSPS) is 10.6. The van der Waals surface area contributed by atoms with Crippen LogP contribution >= 0.6 is 0 Å². The molecule has 0 aliphatic carbocycles. The van der Waals surface area contributed by atoms with Gasteiger partial charge in [0.15, 0.2) is 0 Å². The Morgan fingerprint density at radius 1 is 0.765 bits per heavy atom. The van der Waals surface area contributed by atoms with Crippen molar-refractivity contribution in [1.82, 2.24) is 0 Å². The first-order valence-electron chi connectivity index (χ1n) is 5.91. The number of benzene rings is 2. The maximum atomic E-state index is 9.49. The maximum absolute atomic E-state index is 9.49. The fourth-order valence-corrected chi connectivity index (χ4v) is 2.43. The minimum absolute atomic E-state index is 0.0881. The van der Waals surface area contributed by atoms with Crippen molar-refractivity contribution in [2.75, 3.05) is 0 Å². The topological polar surface area (TPSA) is 20.2 Å². The Balaban J connectivity index is 2.76. The maximum Gasteiger partial charge on any atom is 0.0687 e. The third kappa shape index (κ3) is 2.11. The van der Waals surface area contributed by atoms with Crippen molar-refractivity contribution in [2.45, 2.75) is 27.4 Å². The predicted molar refractivity (Wildman–Crippen MR) is 72.0 cm³/mol. The fourth-order valence-electron chi connectivity index (χ4n) is 2.43. The van der Waals surface area contributed by atoms with Gasteiger partial charge < -0.3 is 5.11 Å². The summed E-state index contributed by atoms with van der Waals surface area (Å²) in [6.07, 6.45) is 0. The van der Waals surface area contributed by atoms with Crippen LogP contribution in [0.5, 0.6) is 0 Å². The second-order valence-corrected chi connectivity index (χ2v) is 4.53. The summed E-state index contributed by atoms with van der Waals surface area (Å²) in [6.45, 7) is 6.43. The van der Waals surface area contributed by atoms with Gasteiger partial charge in [-0.2, -0.15) is 0 Å². The zero-order chi connectivity index (χ0) is 12.4. The zero-order valence-electron chi connectivity index (χ0n) is 10.6. The van der Waals surface area contributed by atoms with E-state index >= 15 is 0 Å². The van der Waals surface area contributed by atoms with Crippen LogP contribution in [0.4, 0.5) is 0 Å². The van der Waals surface area contributed by atoms with E-state index in [0.29, 0.717) is 0 Å². The molecule has 0 radical (unpaired) electrons. The van der Waals surface area contributed by atoms with E-state index in [0.717, 1.165) is 5.56 Å². The molecule has 1 N–H and O–H groups in total. The molecule has 0 aliphatic rings. The second-order valence-electron chi connectivity index (χ2n) is 4.53. The molecule has 2 aromatic carbocycles. The molecule has 1 nitrogen and oxygen atoms in total. The van der Waals surface area contributed by atoms with E-state index in [1.54, 1.807) is 0 Å². The Kier molecular flexibility index (Phi) is 3.30. The van der Waals surface area contributed by atoms with Crippen LogP contribution in [-0.4, -0.2) is 5.11 Å². The number of aliphatic hydroxyl groups is 1. The fraction of sp³-hybridized carbons (Fsp3) is 0.250. The highest BCUT2D eigenvalue weighted by molar-refractivity contribution is 5.76. The molecular formula is C16H18O. The molecule has 0 saturated carbocycles. The Bertz CT molecular complexity index is 521. The van der Waals surface area contributed by atoms with Gasteiger partial charge in [0, 0.05) is 0 Å². The van der Waals surface area contributed by atoms with Gasteiger partial charge in [0.25, 0.3) is 0 Å². The third-order valence-electron chi connectivity index (χ3n) is 3.26. The van der Waals surface area contributed by atoms with Gasteiger partial charge in [0.1, 0.15) is 0 Å². The molecule has 1 heteroatoms. The molecule has 0 amide bonds. The molecule has 0 saturated heterocycles. The molecule has 2 rings (SSSR count). The van der Waals surface area contributed by atoms with Crippen LogP contribution in [-0.2, 0) is 6.61 Å². The van der Waals surface area contributed by atoms with Crippen molar-refractivity contribution < 1.29 is 5.11 Å². The molecule has 0 aromatic heterocycles. The van der Waals surface area contributed by atoms with Gasteiger partial charge in [-0.3, -0.25) is 0 Å². The lowest BCUT2D eigenvalue weighted by Crippen LogP contribution is -1.96. The Hall–Kier alpha value is -1.60. The highest BCUT2D eigenvalue weighted by Gasteiger charge is 2.11. The van der Waals surface area contributed by atoms with Gasteiger partial charge in [0.2, 0.25) is 0 Å². The van der Waals surface area contributed by atoms with E-state index in [-0.39, 0.29) is 6.61 Å². The number of rotatable bonds is 2. The molecule has 0 bridgehead atoms. The smallest absolute Gasteiger partial charge is 0.0687 e. The van der Waals surface area contributed by atoms with Crippen LogP contribution in [0.2, 0.25) is 0 Å². The molecular weight excluding hydrogens is 208 g/mol. The summed E-state index contributed by atoms with van der Waals surface area (Å²) in [6, 6.07) is 12.4. The number of aliphatic hydroxyl groups excluding tert-OH is 1. The van der Waals surface area contributed by atoms with Gasteiger partial charge in [0.05, 0.1) is 6.61 Å². The first-order valence-corrected chi connectivity index (χ1v) is 5.91. The second kappa shape index (κ2) is 4.72. The lowest BCUT2D eigenvalue weighted by atomic mass is 9.89. The molecule has 0 heterocycles. The molecule has 0 unspecified atom stereocenters. The van der Waals surface area contributed by atoms with Crippen molar-refractivity contribution in [1.29, 1.82) is 0 Å². The average Bonchev–Trinajstić information content (AvgIpc) is 2.30. The summed E-state index contributed by atoms with van der Waals surface area (Å²) in [5.74, 6) is 0. The van der Waals surface area contributed by atoms with E-state index in [1.165, 1.54) is 27.8 Å². The number of hydrogen-bond donors (Lipinski definition) is 1. The highest BCUT2D eigenvalue weighted by atomic mass is 16.3. The van der Waals surface area contributed by atoms with Gasteiger partial charge in [-0.05, 0) is 54.2 Å². The summed E-state index contributed by atoms with van der Waals surface area (Å²) in [5.41, 5.74) is 7.18. The monoisotopic (exact) mass is 226 g/mol. The summed E-state index contributed by atoms with van der Waals surface area (Å²) < 4.78 is 0. The van der Waals surface area contributed by atoms with Gasteiger partial charge >= 0.3 is 0 Å². The number of aryl methyl sites for hydroxylation is 3. The number of hydrogen-bond acceptors (Lipinski definition) is 1. The Morgan fingerprint density at radius 2 is 1.24 bits per heavy atom. The lowest BCUT2D eigenvalue weighted by molar-refractivity contribution is 0.282. The van der Waals surface area contributed by atoms with Crippen molar-refractivity contribution in [2.24, 2.45) is 0 Å². The third-order valence-corrected chi connectivity index (χ3v) is 3.26. The summed E-state index contributed by atoms with van der Waals surface area (Å²) in [4.78, 5) is 0. The standard InChI is InChI=1S/C16H18O/c1-11-6-4-7-12(2)15(11)16-13(3)8-5-9-14(16)10-17/h4-9,17H,10H2,1-3H3. The molecule has 88 valence electrons. The van der Waals surface area contributed by atoms with E-state index < -0.39 is 0 Å². The minimum Gasteiger partial charge on any atom is -0.392 e. The Morgan fingerprint density at radius 3 is 1.76 bits per heavy atom. The Labute approximate surface area is 103 Å². The molecule has 0 aliphatic heterocycles. The van der Waals surface area contributed by atoms with Crippen molar-refractivity contribution >= 4 is 0 Å². The van der Waals surface area contributed by atoms with Crippen molar-refractivity contribution in [3.63, 3.8) is 0 Å². The lowest BCUT2D eigenvalue weighted by Gasteiger charge is -2.16. The van der Waals surface area contributed by atoms with Crippen LogP contribution in [0, 0.1) is 20.8 Å². The first kappa shape index (κ1) is 11.9. The highest BCUT2D eigenvalue weighted by Crippen LogP contribution is 2.32. The minimum atomic E-state index is 0.0881. The van der Waals surface area contributed by atoms with Crippen LogP contribution < -0.4 is 0 Å². The van der Waals surface area contributed by atoms with Crippen LogP contribution in [0.1, 0.15) is 22.3 Å². The van der Waals surface area contributed by atoms with E-state index in [2.05, 4.69) is 45.0 Å². The molecule has 2 aromatic rings. The molecule has 0 atom stereocenters. The zero-order valence-corrected chi connectivity index (χ0v) is 10.6. The van der Waals surface area contributed by atoms with Crippen LogP contribution in [0.3, 0.4) is 0 Å². The quantitative estimate of drug-likeness (QED) is 0.826. The van der Waals surface area contributed by atoms with Gasteiger partial charge in [-0.15, -0.1) is 0 Å². The van der Waals surface area contributed by atoms with Gasteiger partial charge in [-0.1, -0.05) is 36.4 Å². The summed E-state index contributed by atoms with van der Waals surface area (Å²) in [5, 5.41) is 9.49. The van der Waals surface area contributed by atoms with Crippen molar-refractivity contribution in [3.8, 4) is 11.1 Å². The van der Waals surface area contributed by atoms with Crippen LogP contribution in [0.25, 0.3) is 11.1 Å². The van der Waals surface area contributed by atoms with Crippen molar-refractivity contribution in [3.05, 3.63) is 58.7 Å².